The number of nitrogens with zero attached hydrogens (tertiary/aromatic N) is 1. The fourth-order valence-electron chi connectivity index (χ4n) is 4.16. The van der Waals surface area contributed by atoms with Crippen LogP contribution in [0.5, 0.6) is 5.75 Å². The van der Waals surface area contributed by atoms with Crippen LogP contribution >= 0.6 is 0 Å². The number of rotatable bonds is 8. The number of unbranched alkanes of at least 4 members (excludes halogenated alkanes) is 2. The van der Waals surface area contributed by atoms with Gasteiger partial charge in [0.05, 0.1) is 18.2 Å². The van der Waals surface area contributed by atoms with Crippen molar-refractivity contribution in [3.63, 3.8) is 0 Å². The van der Waals surface area contributed by atoms with Gasteiger partial charge in [-0.3, -0.25) is 14.5 Å². The molecule has 174 valence electrons. The van der Waals surface area contributed by atoms with Crippen LogP contribution in [0.2, 0.25) is 0 Å². The Morgan fingerprint density at radius 2 is 1.59 bits per heavy atom. The zero-order valence-electron chi connectivity index (χ0n) is 19.5. The highest BCUT2D eigenvalue weighted by molar-refractivity contribution is 6.51. The number of ketones is 1. The van der Waals surface area contributed by atoms with Crippen molar-refractivity contribution in [2.45, 2.75) is 39.2 Å². The molecule has 1 N–H and O–H groups in total. The van der Waals surface area contributed by atoms with Gasteiger partial charge in [-0.25, -0.2) is 0 Å². The highest BCUT2D eigenvalue weighted by Crippen LogP contribution is 2.42. The quantitative estimate of drug-likeness (QED) is 0.190. The van der Waals surface area contributed by atoms with Crippen LogP contribution in [0.4, 0.5) is 5.69 Å². The zero-order valence-corrected chi connectivity index (χ0v) is 19.5. The van der Waals surface area contributed by atoms with Crippen molar-refractivity contribution in [3.05, 3.63) is 101 Å². The first-order valence-electron chi connectivity index (χ1n) is 11.7. The van der Waals surface area contributed by atoms with Gasteiger partial charge in [0.1, 0.15) is 11.5 Å². The predicted octanol–water partition coefficient (Wildman–Crippen LogP) is 6.19. The summed E-state index contributed by atoms with van der Waals surface area (Å²) in [6, 6.07) is 23.0. The van der Waals surface area contributed by atoms with Crippen LogP contribution in [0, 0.1) is 6.92 Å². The first kappa shape index (κ1) is 23.3. The van der Waals surface area contributed by atoms with E-state index in [9.17, 15) is 14.7 Å². The van der Waals surface area contributed by atoms with Crippen molar-refractivity contribution in [1.82, 2.24) is 0 Å². The summed E-state index contributed by atoms with van der Waals surface area (Å²) < 4.78 is 5.75. The lowest BCUT2D eigenvalue weighted by Gasteiger charge is -2.25. The molecule has 1 saturated heterocycles. The molecule has 1 unspecified atom stereocenters. The number of Topliss-reactive ketones (excluding diaryl/α,β-unsaturated/α-hetero) is 1. The maximum absolute atomic E-state index is 13.2. The normalized spacial score (nSPS) is 17.2. The minimum Gasteiger partial charge on any atom is -0.507 e. The summed E-state index contributed by atoms with van der Waals surface area (Å²) in [7, 11) is 0. The highest BCUT2D eigenvalue weighted by atomic mass is 16.5. The third kappa shape index (κ3) is 4.74. The zero-order chi connectivity index (χ0) is 24.1. The Morgan fingerprint density at radius 3 is 2.24 bits per heavy atom. The van der Waals surface area contributed by atoms with E-state index in [1.807, 2.05) is 61.5 Å². The number of amides is 1. The minimum atomic E-state index is -0.728. The van der Waals surface area contributed by atoms with Crippen LogP contribution < -0.4 is 9.64 Å². The molecule has 34 heavy (non-hydrogen) atoms. The molecule has 1 aliphatic heterocycles. The Kier molecular flexibility index (Phi) is 7.12. The monoisotopic (exact) mass is 455 g/mol. The van der Waals surface area contributed by atoms with Gasteiger partial charge in [-0.15, -0.1) is 0 Å². The fourth-order valence-corrected chi connectivity index (χ4v) is 4.16. The van der Waals surface area contributed by atoms with E-state index < -0.39 is 17.7 Å². The van der Waals surface area contributed by atoms with Gasteiger partial charge in [-0.1, -0.05) is 67.8 Å². The Hall–Kier alpha value is -3.86. The summed E-state index contributed by atoms with van der Waals surface area (Å²) in [4.78, 5) is 27.8. The molecule has 1 amide bonds. The van der Waals surface area contributed by atoms with Gasteiger partial charge in [-0.2, -0.15) is 0 Å². The Labute approximate surface area is 200 Å². The number of aliphatic hydroxyl groups is 1. The van der Waals surface area contributed by atoms with Crippen molar-refractivity contribution in [2.75, 3.05) is 11.5 Å². The van der Waals surface area contributed by atoms with Crippen LogP contribution in [0.15, 0.2) is 84.4 Å². The lowest BCUT2D eigenvalue weighted by Crippen LogP contribution is -2.29. The Bertz CT molecular complexity index is 1180. The molecule has 0 spiro atoms. The van der Waals surface area contributed by atoms with Crippen molar-refractivity contribution in [1.29, 1.82) is 0 Å². The highest BCUT2D eigenvalue weighted by Gasteiger charge is 2.46. The van der Waals surface area contributed by atoms with E-state index in [1.165, 1.54) is 4.90 Å². The van der Waals surface area contributed by atoms with Gasteiger partial charge in [0.15, 0.2) is 0 Å². The van der Waals surface area contributed by atoms with E-state index in [4.69, 9.17) is 4.74 Å². The third-order valence-corrected chi connectivity index (χ3v) is 6.02. The number of hydrogen-bond donors (Lipinski definition) is 1. The van der Waals surface area contributed by atoms with E-state index in [1.54, 1.807) is 24.3 Å². The second-order valence-corrected chi connectivity index (χ2v) is 8.50. The lowest BCUT2D eigenvalue weighted by atomic mass is 9.95. The summed E-state index contributed by atoms with van der Waals surface area (Å²) >= 11 is 0. The maximum Gasteiger partial charge on any atom is 0.300 e. The standard InChI is InChI=1S/C29H29NO4/c1-3-4-8-19-34-24-17-13-22(14-18-24)27(31)25-26(21-9-6-5-7-10-21)30(29(33)28(25)32)23-15-11-20(2)12-16-23/h5-7,9-18,26,31H,3-4,8,19H2,1-2H3/b27-25+. The van der Waals surface area contributed by atoms with E-state index in [0.29, 0.717) is 23.6 Å². The molecule has 3 aromatic carbocycles. The Balaban J connectivity index is 1.73. The molecule has 5 nitrogen and oxygen atoms in total. The van der Waals surface area contributed by atoms with Crippen molar-refractivity contribution < 1.29 is 19.4 Å². The molecule has 1 fully saturated rings. The van der Waals surface area contributed by atoms with Crippen LogP contribution in [0.3, 0.4) is 0 Å². The smallest absolute Gasteiger partial charge is 0.300 e. The molecule has 0 aromatic heterocycles. The number of benzene rings is 3. The molecular weight excluding hydrogens is 426 g/mol. The van der Waals surface area contributed by atoms with Gasteiger partial charge in [0.25, 0.3) is 11.7 Å². The van der Waals surface area contributed by atoms with E-state index in [2.05, 4.69) is 6.92 Å². The van der Waals surface area contributed by atoms with Gasteiger partial charge >= 0.3 is 0 Å². The molecule has 0 aliphatic carbocycles. The first-order valence-corrected chi connectivity index (χ1v) is 11.7. The van der Waals surface area contributed by atoms with Crippen LogP contribution in [-0.4, -0.2) is 23.4 Å². The largest absolute Gasteiger partial charge is 0.507 e. The molecule has 5 heteroatoms. The van der Waals surface area contributed by atoms with Gasteiger partial charge in [-0.05, 0) is 55.3 Å². The number of anilines is 1. The average molecular weight is 456 g/mol. The van der Waals surface area contributed by atoms with Crippen LogP contribution in [0.25, 0.3) is 5.76 Å². The third-order valence-electron chi connectivity index (χ3n) is 6.02. The fraction of sp³-hybridized carbons (Fsp3) is 0.241. The van der Waals surface area contributed by atoms with Crippen LogP contribution in [-0.2, 0) is 9.59 Å². The molecule has 1 aliphatic rings. The number of hydrogen-bond acceptors (Lipinski definition) is 4. The molecule has 3 aromatic rings. The van der Waals surface area contributed by atoms with Crippen LogP contribution in [0.1, 0.15) is 48.9 Å². The SMILES string of the molecule is CCCCCOc1ccc(/C(O)=C2\C(=O)C(=O)N(c3ccc(C)cc3)C2c2ccccc2)cc1. The molecular formula is C29H29NO4. The van der Waals surface area contributed by atoms with Crippen molar-refractivity contribution in [3.8, 4) is 5.75 Å². The number of aryl methyl sites for hydroxylation is 1. The van der Waals surface area contributed by atoms with Gasteiger partial charge in [0.2, 0.25) is 0 Å². The van der Waals surface area contributed by atoms with Crippen molar-refractivity contribution in [2.24, 2.45) is 0 Å². The van der Waals surface area contributed by atoms with E-state index in [-0.39, 0.29) is 11.3 Å². The van der Waals surface area contributed by atoms with E-state index >= 15 is 0 Å². The summed E-state index contributed by atoms with van der Waals surface area (Å²) in [5.74, 6) is -0.853. The first-order chi connectivity index (χ1) is 16.5. The molecule has 0 bridgehead atoms. The van der Waals surface area contributed by atoms with Crippen molar-refractivity contribution >= 4 is 23.1 Å². The predicted molar refractivity (Wildman–Crippen MR) is 134 cm³/mol. The van der Waals surface area contributed by atoms with Gasteiger partial charge < -0.3 is 9.84 Å². The average Bonchev–Trinajstić information content (AvgIpc) is 3.13. The lowest BCUT2D eigenvalue weighted by molar-refractivity contribution is -0.132. The topological polar surface area (TPSA) is 66.8 Å². The minimum absolute atomic E-state index is 0.0772. The number of ether oxygens (including phenoxy) is 1. The number of carbonyl (C=O) groups is 2. The summed E-state index contributed by atoms with van der Waals surface area (Å²) in [5, 5.41) is 11.2. The summed E-state index contributed by atoms with van der Waals surface area (Å²) in [5.41, 5.74) is 2.95. The molecule has 4 rings (SSSR count). The number of carbonyl (C=O) groups excluding carboxylic acids is 2. The molecule has 1 atom stereocenters. The molecule has 0 radical (unpaired) electrons. The summed E-state index contributed by atoms with van der Waals surface area (Å²) in [6.07, 6.45) is 3.22. The Morgan fingerprint density at radius 1 is 0.912 bits per heavy atom. The molecule has 1 heterocycles. The second kappa shape index (κ2) is 10.4. The van der Waals surface area contributed by atoms with Gasteiger partial charge in [0, 0.05) is 11.3 Å². The number of aliphatic hydroxyl groups excluding tert-OH is 1. The molecule has 0 saturated carbocycles. The van der Waals surface area contributed by atoms with E-state index in [0.717, 1.165) is 30.4 Å². The second-order valence-electron chi connectivity index (χ2n) is 8.50. The summed E-state index contributed by atoms with van der Waals surface area (Å²) in [6.45, 7) is 4.74. The maximum atomic E-state index is 13.2.